The molecule has 0 radical (unpaired) electrons. The summed E-state index contributed by atoms with van der Waals surface area (Å²) < 4.78 is 34.9. The Morgan fingerprint density at radius 2 is 1.46 bits per heavy atom. The third-order valence-electron chi connectivity index (χ3n) is 13.6. The lowest BCUT2D eigenvalue weighted by atomic mass is 10.1. The molecular weight excluding hydrogens is 1040 g/mol. The molecule has 21 nitrogen and oxygen atoms in total. The second kappa shape index (κ2) is 27.7. The van der Waals surface area contributed by atoms with Gasteiger partial charge in [0.15, 0.2) is 29.2 Å². The van der Waals surface area contributed by atoms with Crippen LogP contribution < -0.4 is 35.3 Å². The summed E-state index contributed by atoms with van der Waals surface area (Å²) in [6.07, 6.45) is 8.77. The van der Waals surface area contributed by atoms with Crippen molar-refractivity contribution in [3.63, 3.8) is 0 Å². The number of imide groups is 1. The number of hydrogen-bond acceptors (Lipinski definition) is 17. The van der Waals surface area contributed by atoms with E-state index in [-0.39, 0.29) is 85.5 Å². The lowest BCUT2D eigenvalue weighted by Crippen LogP contribution is -2.51. The molecule has 7 amide bonds. The summed E-state index contributed by atoms with van der Waals surface area (Å²) in [5.74, 6) is 0.832. The van der Waals surface area contributed by atoms with Crippen LogP contribution in [0.15, 0.2) is 65.7 Å². The Balaban J connectivity index is 0.792. The number of ether oxygens (including phenoxy) is 6. The first-order chi connectivity index (χ1) is 37.5. The Labute approximate surface area is 463 Å². The third-order valence-corrected chi connectivity index (χ3v) is 16.8. The smallest absolute Gasteiger partial charge is 0.412 e. The van der Waals surface area contributed by atoms with Gasteiger partial charge in [0.25, 0.3) is 23.6 Å². The number of nitrogens with one attached hydrogen (secondary N) is 2. The molecule has 0 bridgehead atoms. The Morgan fingerprint density at radius 1 is 0.808 bits per heavy atom. The van der Waals surface area contributed by atoms with Crippen molar-refractivity contribution in [1.29, 1.82) is 0 Å². The SMILES string of the molecule is C=C1C[C@H]2C=Nc3cc(OCCCCCOc4cc(N)c(C(=O)N5CC(=C)C[C@H]5C5OCCN5C(=O)OCC(C)(C)SSCCC(=O)NCCNC(=O)CCCCCN5C(=O)C=CC5=O)cc4OC)c(OC)cc3C(=O)N2C1. The number of methoxy groups -OCH3 is 2. The van der Waals surface area contributed by atoms with E-state index in [9.17, 15) is 33.6 Å². The molecule has 3 fully saturated rings. The Morgan fingerprint density at radius 3 is 2.17 bits per heavy atom. The molecule has 5 aliphatic rings. The molecule has 422 valence electrons. The van der Waals surface area contributed by atoms with E-state index in [0.29, 0.717) is 131 Å². The summed E-state index contributed by atoms with van der Waals surface area (Å²) in [6.45, 7) is 15.1. The van der Waals surface area contributed by atoms with Gasteiger partial charge in [-0.05, 0) is 70.9 Å². The van der Waals surface area contributed by atoms with E-state index in [2.05, 4.69) is 28.8 Å². The van der Waals surface area contributed by atoms with Gasteiger partial charge < -0.3 is 54.6 Å². The maximum atomic E-state index is 14.3. The topological polar surface area (TPSA) is 250 Å². The predicted octanol–water partition coefficient (Wildman–Crippen LogP) is 6.23. The van der Waals surface area contributed by atoms with Gasteiger partial charge in [0.2, 0.25) is 11.8 Å². The second-order valence-corrected chi connectivity index (χ2v) is 23.3. The van der Waals surface area contributed by atoms with Gasteiger partial charge >= 0.3 is 6.09 Å². The highest BCUT2D eigenvalue weighted by molar-refractivity contribution is 8.77. The highest BCUT2D eigenvalue weighted by Gasteiger charge is 2.45. The first-order valence-corrected chi connectivity index (χ1v) is 28.7. The van der Waals surface area contributed by atoms with Crippen LogP contribution in [0.2, 0.25) is 0 Å². The Kier molecular flexibility index (Phi) is 21.0. The monoisotopic (exact) mass is 1120 g/mol. The van der Waals surface area contributed by atoms with Gasteiger partial charge in [-0.1, -0.05) is 52.3 Å². The summed E-state index contributed by atoms with van der Waals surface area (Å²) in [7, 11) is 6.02. The van der Waals surface area contributed by atoms with Crippen molar-refractivity contribution in [2.24, 2.45) is 4.99 Å². The van der Waals surface area contributed by atoms with Crippen molar-refractivity contribution in [3.8, 4) is 23.0 Å². The minimum Gasteiger partial charge on any atom is -0.493 e. The fraction of sp³-hybridized carbons (Fsp3) is 0.527. The summed E-state index contributed by atoms with van der Waals surface area (Å²) in [5, 5.41) is 5.60. The van der Waals surface area contributed by atoms with E-state index in [1.54, 1.807) is 40.3 Å². The normalized spacial score (nSPS) is 18.8. The number of carbonyl (C=O) groups excluding carboxylic acids is 7. The van der Waals surface area contributed by atoms with Crippen LogP contribution >= 0.6 is 21.6 Å². The largest absolute Gasteiger partial charge is 0.493 e. The number of likely N-dealkylation sites (tertiary alicyclic amines) is 1. The maximum absolute atomic E-state index is 14.3. The molecule has 5 aliphatic heterocycles. The summed E-state index contributed by atoms with van der Waals surface area (Å²) >= 11 is 0. The molecule has 3 atom stereocenters. The number of aliphatic imine (C=N–C) groups is 1. The molecule has 2 aromatic rings. The van der Waals surface area contributed by atoms with Crippen LogP contribution in [0.1, 0.15) is 98.8 Å². The first kappa shape index (κ1) is 59.0. The lowest BCUT2D eigenvalue weighted by molar-refractivity contribution is -0.137. The van der Waals surface area contributed by atoms with Crippen molar-refractivity contribution in [1.82, 2.24) is 30.2 Å². The maximum Gasteiger partial charge on any atom is 0.412 e. The molecule has 78 heavy (non-hydrogen) atoms. The van der Waals surface area contributed by atoms with Gasteiger partial charge in [-0.3, -0.25) is 43.6 Å². The van der Waals surface area contributed by atoms with Crippen molar-refractivity contribution >= 4 is 80.7 Å². The van der Waals surface area contributed by atoms with Gasteiger partial charge in [0, 0.05) is 87.5 Å². The average molecular weight is 1120 g/mol. The van der Waals surface area contributed by atoms with E-state index in [1.807, 2.05) is 13.8 Å². The number of nitrogens with zero attached hydrogens (tertiary/aromatic N) is 5. The van der Waals surface area contributed by atoms with Crippen LogP contribution in [0, 0.1) is 0 Å². The molecule has 2 aromatic carbocycles. The van der Waals surface area contributed by atoms with Gasteiger partial charge in [-0.2, -0.15) is 0 Å². The fourth-order valence-corrected chi connectivity index (χ4v) is 11.9. The summed E-state index contributed by atoms with van der Waals surface area (Å²) in [5.41, 5.74) is 9.75. The summed E-state index contributed by atoms with van der Waals surface area (Å²) in [4.78, 5) is 99.8. The molecule has 0 aromatic heterocycles. The quantitative estimate of drug-likeness (QED) is 0.0281. The number of amides is 7. The number of nitrogens with two attached hydrogens (primary N) is 1. The van der Waals surface area contributed by atoms with Crippen molar-refractivity contribution < 1.29 is 62.0 Å². The lowest BCUT2D eigenvalue weighted by Gasteiger charge is -2.33. The molecule has 4 N–H and O–H groups in total. The van der Waals surface area contributed by atoms with Crippen LogP contribution in [-0.4, -0.2) is 176 Å². The zero-order valence-corrected chi connectivity index (χ0v) is 46.6. The zero-order chi connectivity index (χ0) is 55.9. The predicted molar refractivity (Wildman–Crippen MR) is 297 cm³/mol. The number of nitrogen functional groups attached to an aromatic ring is 1. The minimum atomic E-state index is -0.784. The van der Waals surface area contributed by atoms with Gasteiger partial charge in [-0.25, -0.2) is 4.79 Å². The number of benzene rings is 2. The fourth-order valence-electron chi connectivity index (χ4n) is 9.49. The van der Waals surface area contributed by atoms with Gasteiger partial charge in [0.1, 0.15) is 6.61 Å². The van der Waals surface area contributed by atoms with Crippen LogP contribution in [0.4, 0.5) is 16.2 Å². The highest BCUT2D eigenvalue weighted by atomic mass is 33.1. The molecule has 0 saturated carbocycles. The average Bonchev–Trinajstić information content (AvgIpc) is 4.32. The van der Waals surface area contributed by atoms with E-state index >= 15 is 0 Å². The van der Waals surface area contributed by atoms with Crippen LogP contribution in [0.25, 0.3) is 0 Å². The highest BCUT2D eigenvalue weighted by Crippen LogP contribution is 2.40. The standard InChI is InChI=1S/C55H72N8O13S2/c1-35-25-37-31-59-41-30-46(44(72-6)28-39(41)52(69)62(37)32-35)74-22-12-8-11-21-73-45-29-40(56)38(27-43(45)71-5)51(68)63-33-36(2)26-42(63)53-61(20-23-75-53)54(70)76-34-55(3,4)78-77-24-16-48(65)58-18-17-57-47(64)13-9-7-10-19-60-49(66)14-15-50(60)67/h14-15,27-31,37,42,53H,1-2,7-13,16-26,32-34,56H2,3-6H3,(H,57,64)(H,58,65)/t37-,42-,53?/m0/s1. The zero-order valence-electron chi connectivity index (χ0n) is 45.0. The number of fused-ring (bicyclic) bond motifs is 2. The van der Waals surface area contributed by atoms with Crippen LogP contribution in [0.5, 0.6) is 23.0 Å². The van der Waals surface area contributed by atoms with E-state index in [0.717, 1.165) is 17.6 Å². The third kappa shape index (κ3) is 15.5. The van der Waals surface area contributed by atoms with Gasteiger partial charge in [-0.15, -0.1) is 0 Å². The van der Waals surface area contributed by atoms with Crippen molar-refractivity contribution in [3.05, 3.63) is 71.8 Å². The molecule has 0 spiro atoms. The van der Waals surface area contributed by atoms with E-state index in [4.69, 9.17) is 34.2 Å². The second-order valence-electron chi connectivity index (χ2n) is 20.2. The van der Waals surface area contributed by atoms with Crippen molar-refractivity contribution in [2.75, 3.05) is 91.4 Å². The number of anilines is 1. The number of rotatable bonds is 28. The van der Waals surface area contributed by atoms with E-state index in [1.165, 1.54) is 57.8 Å². The first-order valence-electron chi connectivity index (χ1n) is 26.3. The van der Waals surface area contributed by atoms with E-state index < -0.39 is 23.1 Å². The minimum absolute atomic E-state index is 0.0801. The molecule has 7 rings (SSSR count). The molecule has 1 unspecified atom stereocenters. The summed E-state index contributed by atoms with van der Waals surface area (Å²) in [6, 6.07) is 5.92. The Bertz CT molecular complexity index is 2650. The Hall–Kier alpha value is -6.72. The van der Waals surface area contributed by atoms with Crippen LogP contribution in [-0.2, 0) is 28.7 Å². The number of unbranched alkanes of at least 4 members (excludes halogenated alkanes) is 4. The number of hydrogen-bond donors (Lipinski definition) is 3. The molecular formula is C55H72N8O13S2. The molecule has 23 heteroatoms. The molecule has 0 aliphatic carbocycles. The molecule has 3 saturated heterocycles. The van der Waals surface area contributed by atoms with Crippen LogP contribution in [0.3, 0.4) is 0 Å². The van der Waals surface area contributed by atoms with Crippen molar-refractivity contribution in [2.45, 2.75) is 101 Å². The molecule has 5 heterocycles. The van der Waals surface area contributed by atoms with Gasteiger partial charge in [0.05, 0.1) is 74.2 Å². The number of carbonyl (C=O) groups is 7.